The van der Waals surface area contributed by atoms with Gasteiger partial charge in [0.2, 0.25) is 0 Å². The molecule has 0 spiro atoms. The van der Waals surface area contributed by atoms with Gasteiger partial charge in [0.25, 0.3) is 5.91 Å². The van der Waals surface area contributed by atoms with Crippen LogP contribution in [0.25, 0.3) is 0 Å². The van der Waals surface area contributed by atoms with Gasteiger partial charge >= 0.3 is 0 Å². The lowest BCUT2D eigenvalue weighted by atomic mass is 10.2. The lowest BCUT2D eigenvalue weighted by Crippen LogP contribution is -3.15. The number of nitrogens with zero attached hydrogens (tertiary/aromatic N) is 1. The van der Waals surface area contributed by atoms with E-state index >= 15 is 0 Å². The van der Waals surface area contributed by atoms with Crippen molar-refractivity contribution in [1.82, 2.24) is 0 Å². The van der Waals surface area contributed by atoms with Gasteiger partial charge in [-0.3, -0.25) is 4.79 Å². The topological polar surface area (TPSA) is 36.8 Å². The average molecular weight is 410 g/mol. The van der Waals surface area contributed by atoms with Crippen LogP contribution in [0.2, 0.25) is 5.02 Å². The molecule has 1 saturated heterocycles. The maximum absolute atomic E-state index is 12.2. The summed E-state index contributed by atoms with van der Waals surface area (Å²) in [4.78, 5) is 15.9. The molecule has 1 aliphatic rings. The van der Waals surface area contributed by atoms with Crippen molar-refractivity contribution < 1.29 is 9.69 Å². The molecule has 0 aromatic heterocycles. The van der Waals surface area contributed by atoms with Crippen LogP contribution in [0.5, 0.6) is 0 Å². The van der Waals surface area contributed by atoms with Crippen LogP contribution in [-0.4, -0.2) is 38.6 Å². The Balaban J connectivity index is 1.49. The number of rotatable bonds is 4. The second-order valence-electron chi connectivity index (χ2n) is 5.92. The smallest absolute Gasteiger partial charge is 0.279 e. The van der Waals surface area contributed by atoms with Gasteiger partial charge in [0.1, 0.15) is 0 Å². The van der Waals surface area contributed by atoms with Crippen LogP contribution in [0.3, 0.4) is 0 Å². The molecule has 1 amide bonds. The molecule has 0 aliphatic carbocycles. The highest BCUT2D eigenvalue weighted by Crippen LogP contribution is 2.21. The van der Waals surface area contributed by atoms with E-state index < -0.39 is 0 Å². The third-order valence-corrected chi connectivity index (χ3v) is 5.16. The molecule has 3 rings (SSSR count). The molecule has 24 heavy (non-hydrogen) atoms. The van der Waals surface area contributed by atoms with Crippen molar-refractivity contribution in [2.24, 2.45) is 0 Å². The molecule has 4 nitrogen and oxygen atoms in total. The summed E-state index contributed by atoms with van der Waals surface area (Å²) in [5.41, 5.74) is 2.01. The number of benzene rings is 2. The molecule has 0 bridgehead atoms. The van der Waals surface area contributed by atoms with Gasteiger partial charge in [-0.2, -0.15) is 0 Å². The Morgan fingerprint density at radius 2 is 1.79 bits per heavy atom. The molecule has 0 atom stereocenters. The van der Waals surface area contributed by atoms with Gasteiger partial charge in [-0.25, -0.2) is 0 Å². The van der Waals surface area contributed by atoms with E-state index in [0.717, 1.165) is 41.4 Å². The van der Waals surface area contributed by atoms with Crippen LogP contribution in [0.15, 0.2) is 53.0 Å². The highest BCUT2D eigenvalue weighted by atomic mass is 79.9. The van der Waals surface area contributed by atoms with Crippen LogP contribution >= 0.6 is 27.5 Å². The summed E-state index contributed by atoms with van der Waals surface area (Å²) in [6.45, 7) is 4.28. The molecule has 1 heterocycles. The number of nitrogens with one attached hydrogen (secondary N) is 2. The van der Waals surface area contributed by atoms with Crippen LogP contribution < -0.4 is 15.1 Å². The zero-order valence-corrected chi connectivity index (χ0v) is 15.6. The summed E-state index contributed by atoms with van der Waals surface area (Å²) in [6.07, 6.45) is 0. The quantitative estimate of drug-likeness (QED) is 0.814. The van der Waals surface area contributed by atoms with E-state index in [9.17, 15) is 4.79 Å². The van der Waals surface area contributed by atoms with Gasteiger partial charge in [0.15, 0.2) is 6.54 Å². The first-order valence-corrected chi connectivity index (χ1v) is 9.17. The molecule has 2 aromatic carbocycles. The van der Waals surface area contributed by atoms with Crippen molar-refractivity contribution in [3.63, 3.8) is 0 Å². The minimum absolute atomic E-state index is 0.0526. The maximum Gasteiger partial charge on any atom is 0.279 e. The summed E-state index contributed by atoms with van der Waals surface area (Å²) in [6, 6.07) is 15.6. The van der Waals surface area contributed by atoms with E-state index in [1.165, 1.54) is 10.6 Å². The average Bonchev–Trinajstić information content (AvgIpc) is 2.58. The second kappa shape index (κ2) is 8.01. The number of anilines is 2. The summed E-state index contributed by atoms with van der Waals surface area (Å²) < 4.78 is 0.904. The minimum atomic E-state index is 0.0526. The first kappa shape index (κ1) is 17.3. The molecule has 126 valence electrons. The Morgan fingerprint density at radius 3 is 2.46 bits per heavy atom. The van der Waals surface area contributed by atoms with E-state index in [1.54, 1.807) is 0 Å². The normalized spacial score (nSPS) is 15.3. The molecule has 0 saturated carbocycles. The van der Waals surface area contributed by atoms with Crippen molar-refractivity contribution in [3.05, 3.63) is 58.0 Å². The number of hydrogen-bond donors (Lipinski definition) is 2. The number of carbonyl (C=O) groups excluding carboxylic acids is 1. The van der Waals surface area contributed by atoms with Gasteiger partial charge in [0.05, 0.1) is 31.9 Å². The van der Waals surface area contributed by atoms with Crippen molar-refractivity contribution in [3.8, 4) is 0 Å². The fourth-order valence-corrected chi connectivity index (χ4v) is 3.40. The van der Waals surface area contributed by atoms with Crippen LogP contribution in [-0.2, 0) is 4.79 Å². The van der Waals surface area contributed by atoms with Gasteiger partial charge in [-0.05, 0) is 52.3 Å². The highest BCUT2D eigenvalue weighted by Gasteiger charge is 2.22. The van der Waals surface area contributed by atoms with E-state index in [4.69, 9.17) is 11.6 Å². The van der Waals surface area contributed by atoms with Crippen molar-refractivity contribution in [1.29, 1.82) is 0 Å². The number of amides is 1. The van der Waals surface area contributed by atoms with Gasteiger partial charge in [-0.15, -0.1) is 0 Å². The molecule has 0 unspecified atom stereocenters. The maximum atomic E-state index is 12.2. The van der Waals surface area contributed by atoms with Crippen LogP contribution in [0.1, 0.15) is 0 Å². The fraction of sp³-hybridized carbons (Fsp3) is 0.278. The number of carbonyl (C=O) groups is 1. The molecule has 0 radical (unpaired) electrons. The highest BCUT2D eigenvalue weighted by molar-refractivity contribution is 9.10. The molecule has 1 aliphatic heterocycles. The fourth-order valence-electron chi connectivity index (χ4n) is 2.89. The SMILES string of the molecule is O=C(C[NH+]1CCN(c2ccc(Cl)cc2)CC1)Nc1ccccc1Br. The van der Waals surface area contributed by atoms with E-state index in [0.29, 0.717) is 6.54 Å². The first-order chi connectivity index (χ1) is 11.6. The van der Waals surface area contributed by atoms with E-state index in [-0.39, 0.29) is 5.91 Å². The molecule has 2 aromatic rings. The second-order valence-corrected chi connectivity index (χ2v) is 7.21. The van der Waals surface area contributed by atoms with Crippen LogP contribution in [0, 0.1) is 0 Å². The Morgan fingerprint density at radius 1 is 1.12 bits per heavy atom. The van der Waals surface area contributed by atoms with Gasteiger partial charge in [-0.1, -0.05) is 23.7 Å². The van der Waals surface area contributed by atoms with E-state index in [2.05, 4.69) is 26.1 Å². The number of hydrogen-bond acceptors (Lipinski definition) is 2. The van der Waals surface area contributed by atoms with Crippen molar-refractivity contribution in [2.45, 2.75) is 0 Å². The molecule has 6 heteroatoms. The number of piperazine rings is 1. The zero-order valence-electron chi connectivity index (χ0n) is 13.3. The molecular weight excluding hydrogens is 390 g/mol. The third-order valence-electron chi connectivity index (χ3n) is 4.22. The zero-order chi connectivity index (χ0) is 16.9. The molecule has 2 N–H and O–H groups in total. The predicted molar refractivity (Wildman–Crippen MR) is 102 cm³/mol. The van der Waals surface area contributed by atoms with Crippen LogP contribution in [0.4, 0.5) is 11.4 Å². The summed E-state index contributed by atoms with van der Waals surface area (Å²) >= 11 is 9.39. The molecule has 1 fully saturated rings. The predicted octanol–water partition coefficient (Wildman–Crippen LogP) is 2.45. The summed E-state index contributed by atoms with van der Waals surface area (Å²) in [5, 5.41) is 3.73. The summed E-state index contributed by atoms with van der Waals surface area (Å²) in [5.74, 6) is 0.0526. The Bertz CT molecular complexity index is 700. The monoisotopic (exact) mass is 408 g/mol. The van der Waals surface area contributed by atoms with Crippen molar-refractivity contribution in [2.75, 3.05) is 42.9 Å². The Labute approximate surface area is 155 Å². The largest absolute Gasteiger partial charge is 0.360 e. The third kappa shape index (κ3) is 4.50. The lowest BCUT2D eigenvalue weighted by molar-refractivity contribution is -0.892. The molecular formula is C18H20BrClN3O+. The van der Waals surface area contributed by atoms with Gasteiger partial charge in [0, 0.05) is 15.2 Å². The number of para-hydroxylation sites is 1. The van der Waals surface area contributed by atoms with Gasteiger partial charge < -0.3 is 15.1 Å². The number of quaternary nitrogens is 1. The summed E-state index contributed by atoms with van der Waals surface area (Å²) in [7, 11) is 0. The standard InChI is InChI=1S/C18H19BrClN3O/c19-16-3-1-2-4-17(16)21-18(24)13-22-9-11-23(12-10-22)15-7-5-14(20)6-8-15/h1-8H,9-13H2,(H,21,24)/p+1. The Hall–Kier alpha value is -1.56. The first-order valence-electron chi connectivity index (χ1n) is 8.00. The lowest BCUT2D eigenvalue weighted by Gasteiger charge is -2.33. The number of halogens is 2. The minimum Gasteiger partial charge on any atom is -0.360 e. The van der Waals surface area contributed by atoms with E-state index in [1.807, 2.05) is 48.5 Å². The van der Waals surface area contributed by atoms with Crippen molar-refractivity contribution >= 4 is 44.8 Å². The Kier molecular flexibility index (Phi) is 5.76.